The zero-order valence-electron chi connectivity index (χ0n) is 10.5. The minimum absolute atomic E-state index is 0.107. The van der Waals surface area contributed by atoms with Crippen molar-refractivity contribution < 1.29 is 14.1 Å². The first-order valence-corrected chi connectivity index (χ1v) is 5.66. The molecule has 0 atom stereocenters. The number of amides is 1. The number of anilines is 1. The molecule has 6 nitrogen and oxygen atoms in total. The predicted molar refractivity (Wildman–Crippen MR) is 70.0 cm³/mol. The smallest absolute Gasteiger partial charge is 0.274 e. The van der Waals surface area contributed by atoms with Gasteiger partial charge < -0.3 is 5.32 Å². The molecule has 0 aliphatic carbocycles. The van der Waals surface area contributed by atoms with Crippen LogP contribution in [0, 0.1) is 22.9 Å². The van der Waals surface area contributed by atoms with Crippen LogP contribution in [-0.2, 0) is 0 Å². The first-order valence-electron chi connectivity index (χ1n) is 5.66. The van der Waals surface area contributed by atoms with Crippen molar-refractivity contribution in [2.75, 3.05) is 5.32 Å². The number of aromatic nitrogens is 1. The lowest BCUT2D eigenvalue weighted by Crippen LogP contribution is -2.15. The van der Waals surface area contributed by atoms with Gasteiger partial charge in [-0.3, -0.25) is 14.9 Å². The van der Waals surface area contributed by atoms with Gasteiger partial charge in [0.1, 0.15) is 11.5 Å². The fraction of sp³-hybridized carbons (Fsp3) is 0.0769. The standard InChI is InChI=1S/C13H10FN3O3/c1-8-3-2-4-11(15-8)13(18)16-12-7-9(17(19)20)5-6-10(12)14/h2-7H,1H3,(H,16,18). The molecule has 0 radical (unpaired) electrons. The van der Waals surface area contributed by atoms with Crippen LogP contribution in [-0.4, -0.2) is 15.8 Å². The Morgan fingerprint density at radius 1 is 1.35 bits per heavy atom. The third-order valence-corrected chi connectivity index (χ3v) is 2.53. The number of aryl methyl sites for hydroxylation is 1. The van der Waals surface area contributed by atoms with Gasteiger partial charge in [0.2, 0.25) is 0 Å². The van der Waals surface area contributed by atoms with E-state index in [1.165, 1.54) is 6.07 Å². The number of non-ortho nitro benzene ring substituents is 1. The topological polar surface area (TPSA) is 85.1 Å². The van der Waals surface area contributed by atoms with Gasteiger partial charge in [0, 0.05) is 17.8 Å². The third-order valence-electron chi connectivity index (χ3n) is 2.53. The number of nitrogens with zero attached hydrogens (tertiary/aromatic N) is 2. The van der Waals surface area contributed by atoms with E-state index in [0.29, 0.717) is 5.69 Å². The second-order valence-electron chi connectivity index (χ2n) is 4.04. The van der Waals surface area contributed by atoms with Crippen molar-refractivity contribution in [1.82, 2.24) is 4.98 Å². The molecule has 0 bridgehead atoms. The number of halogens is 1. The molecule has 1 heterocycles. The molecule has 20 heavy (non-hydrogen) atoms. The minimum atomic E-state index is -0.753. The highest BCUT2D eigenvalue weighted by Gasteiger charge is 2.14. The van der Waals surface area contributed by atoms with E-state index >= 15 is 0 Å². The van der Waals surface area contributed by atoms with E-state index in [-0.39, 0.29) is 17.1 Å². The number of carbonyl (C=O) groups is 1. The fourth-order valence-corrected chi connectivity index (χ4v) is 1.58. The van der Waals surface area contributed by atoms with Crippen LogP contribution < -0.4 is 5.32 Å². The van der Waals surface area contributed by atoms with Crippen molar-refractivity contribution in [3.63, 3.8) is 0 Å². The van der Waals surface area contributed by atoms with E-state index < -0.39 is 16.6 Å². The summed E-state index contributed by atoms with van der Waals surface area (Å²) >= 11 is 0. The predicted octanol–water partition coefficient (Wildman–Crippen LogP) is 2.69. The summed E-state index contributed by atoms with van der Waals surface area (Å²) in [7, 11) is 0. The van der Waals surface area contributed by atoms with Crippen LogP contribution in [0.25, 0.3) is 0 Å². The molecule has 0 fully saturated rings. The van der Waals surface area contributed by atoms with Gasteiger partial charge in [0.15, 0.2) is 0 Å². The fourth-order valence-electron chi connectivity index (χ4n) is 1.58. The van der Waals surface area contributed by atoms with Crippen molar-refractivity contribution in [1.29, 1.82) is 0 Å². The SMILES string of the molecule is Cc1cccc(C(=O)Nc2cc([N+](=O)[O-])ccc2F)n1. The Kier molecular flexibility index (Phi) is 3.69. The maximum absolute atomic E-state index is 13.5. The maximum Gasteiger partial charge on any atom is 0.274 e. The summed E-state index contributed by atoms with van der Waals surface area (Å²) in [6.45, 7) is 1.71. The Hall–Kier alpha value is -2.83. The van der Waals surface area contributed by atoms with E-state index in [1.807, 2.05) is 0 Å². The van der Waals surface area contributed by atoms with Crippen molar-refractivity contribution in [3.8, 4) is 0 Å². The van der Waals surface area contributed by atoms with Gasteiger partial charge in [-0.1, -0.05) is 6.07 Å². The highest BCUT2D eigenvalue weighted by molar-refractivity contribution is 6.03. The molecule has 1 aromatic heterocycles. The van der Waals surface area contributed by atoms with Crippen LogP contribution in [0.4, 0.5) is 15.8 Å². The molecule has 1 aromatic carbocycles. The highest BCUT2D eigenvalue weighted by Crippen LogP contribution is 2.21. The lowest BCUT2D eigenvalue weighted by molar-refractivity contribution is -0.384. The quantitative estimate of drug-likeness (QED) is 0.689. The molecule has 2 rings (SSSR count). The molecule has 0 aliphatic rings. The maximum atomic E-state index is 13.5. The van der Waals surface area contributed by atoms with E-state index in [4.69, 9.17) is 0 Å². The van der Waals surface area contributed by atoms with Crippen molar-refractivity contribution >= 4 is 17.3 Å². The van der Waals surface area contributed by atoms with Crippen molar-refractivity contribution in [2.45, 2.75) is 6.92 Å². The molecule has 0 saturated carbocycles. The van der Waals surface area contributed by atoms with E-state index in [0.717, 1.165) is 18.2 Å². The minimum Gasteiger partial charge on any atom is -0.318 e. The Balaban J connectivity index is 2.27. The summed E-state index contributed by atoms with van der Waals surface area (Å²) < 4.78 is 13.5. The lowest BCUT2D eigenvalue weighted by atomic mass is 10.2. The summed E-state index contributed by atoms with van der Waals surface area (Å²) in [5.74, 6) is -1.38. The number of carbonyl (C=O) groups excluding carboxylic acids is 1. The van der Waals surface area contributed by atoms with Gasteiger partial charge in [-0.2, -0.15) is 0 Å². The summed E-state index contributed by atoms with van der Waals surface area (Å²) in [6, 6.07) is 7.74. The second-order valence-corrected chi connectivity index (χ2v) is 4.04. The van der Waals surface area contributed by atoms with Crippen LogP contribution in [0.3, 0.4) is 0 Å². The Morgan fingerprint density at radius 2 is 2.10 bits per heavy atom. The number of rotatable bonds is 3. The lowest BCUT2D eigenvalue weighted by Gasteiger charge is -2.06. The van der Waals surface area contributed by atoms with Crippen LogP contribution in [0.5, 0.6) is 0 Å². The molecule has 0 spiro atoms. The zero-order chi connectivity index (χ0) is 14.7. The Morgan fingerprint density at radius 3 is 2.75 bits per heavy atom. The van der Waals surface area contributed by atoms with Crippen LogP contribution in [0.15, 0.2) is 36.4 Å². The van der Waals surface area contributed by atoms with Crippen LogP contribution in [0.2, 0.25) is 0 Å². The third kappa shape index (κ3) is 2.94. The van der Waals surface area contributed by atoms with Crippen LogP contribution in [0.1, 0.15) is 16.2 Å². The molecule has 2 aromatic rings. The Labute approximate surface area is 113 Å². The van der Waals surface area contributed by atoms with Crippen LogP contribution >= 0.6 is 0 Å². The molecule has 0 aliphatic heterocycles. The zero-order valence-corrected chi connectivity index (χ0v) is 10.5. The van der Waals surface area contributed by atoms with Gasteiger partial charge in [0.05, 0.1) is 10.6 Å². The van der Waals surface area contributed by atoms with Gasteiger partial charge in [-0.25, -0.2) is 9.37 Å². The number of hydrogen-bond acceptors (Lipinski definition) is 4. The number of nitro benzene ring substituents is 1. The summed E-state index contributed by atoms with van der Waals surface area (Å²) in [4.78, 5) is 25.8. The summed E-state index contributed by atoms with van der Waals surface area (Å²) in [5.41, 5.74) is 0.180. The molecular formula is C13H10FN3O3. The number of hydrogen-bond donors (Lipinski definition) is 1. The van der Waals surface area contributed by atoms with Gasteiger partial charge in [0.25, 0.3) is 11.6 Å². The monoisotopic (exact) mass is 275 g/mol. The normalized spacial score (nSPS) is 10.1. The highest BCUT2D eigenvalue weighted by atomic mass is 19.1. The van der Waals surface area contributed by atoms with E-state index in [9.17, 15) is 19.3 Å². The largest absolute Gasteiger partial charge is 0.318 e. The molecule has 0 unspecified atom stereocenters. The summed E-state index contributed by atoms with van der Waals surface area (Å²) in [6.07, 6.45) is 0. The number of nitro groups is 1. The molecule has 7 heteroatoms. The van der Waals surface area contributed by atoms with Crippen molar-refractivity contribution in [2.24, 2.45) is 0 Å². The van der Waals surface area contributed by atoms with Gasteiger partial charge >= 0.3 is 0 Å². The summed E-state index contributed by atoms with van der Waals surface area (Å²) in [5, 5.41) is 12.9. The first kappa shape index (κ1) is 13.6. The first-order chi connectivity index (χ1) is 9.47. The molecule has 102 valence electrons. The number of nitrogens with one attached hydrogen (secondary N) is 1. The Bertz CT molecular complexity index is 688. The van der Waals surface area contributed by atoms with E-state index in [2.05, 4.69) is 10.3 Å². The van der Waals surface area contributed by atoms with Crippen molar-refractivity contribution in [3.05, 3.63) is 63.7 Å². The van der Waals surface area contributed by atoms with Gasteiger partial charge in [-0.15, -0.1) is 0 Å². The average Bonchev–Trinajstić information content (AvgIpc) is 2.41. The average molecular weight is 275 g/mol. The molecular weight excluding hydrogens is 265 g/mol. The molecule has 1 amide bonds. The number of benzene rings is 1. The van der Waals surface area contributed by atoms with E-state index in [1.54, 1.807) is 19.1 Å². The molecule has 0 saturated heterocycles. The number of pyridine rings is 1. The second kappa shape index (κ2) is 5.43. The van der Waals surface area contributed by atoms with Gasteiger partial charge in [-0.05, 0) is 25.1 Å². The molecule has 1 N–H and O–H groups in total.